The number of aromatic nitrogens is 4. The van der Waals surface area contributed by atoms with E-state index in [0.717, 1.165) is 25.5 Å². The van der Waals surface area contributed by atoms with E-state index in [0.29, 0.717) is 17.6 Å². The van der Waals surface area contributed by atoms with E-state index in [1.807, 2.05) is 0 Å². The highest BCUT2D eigenvalue weighted by Crippen LogP contribution is 2.28. The summed E-state index contributed by atoms with van der Waals surface area (Å²) in [6, 6.07) is 0. The molecule has 1 saturated heterocycles. The summed E-state index contributed by atoms with van der Waals surface area (Å²) in [6.45, 7) is 0.657. The zero-order chi connectivity index (χ0) is 14.3. The van der Waals surface area contributed by atoms with Crippen LogP contribution >= 0.6 is 11.6 Å². The Hall–Kier alpha value is -1.25. The first-order chi connectivity index (χ1) is 9.47. The smallest absolute Gasteiger partial charge is 0.250 e. The average molecular weight is 317 g/mol. The second-order valence-corrected chi connectivity index (χ2v) is 6.98. The van der Waals surface area contributed by atoms with E-state index in [4.69, 9.17) is 16.3 Å². The van der Waals surface area contributed by atoms with E-state index in [9.17, 15) is 8.42 Å². The Morgan fingerprint density at radius 1 is 1.40 bits per heavy atom. The fraction of sp³-hybridized carbons (Fsp3) is 0.545. The maximum absolute atomic E-state index is 11.6. The first-order valence-corrected chi connectivity index (χ1v) is 8.46. The van der Waals surface area contributed by atoms with Gasteiger partial charge in [-0.05, 0) is 19.3 Å². The molecule has 1 aliphatic rings. The van der Waals surface area contributed by atoms with E-state index >= 15 is 0 Å². The van der Waals surface area contributed by atoms with Gasteiger partial charge in [-0.2, -0.15) is 10.1 Å². The van der Waals surface area contributed by atoms with Gasteiger partial charge in [-0.15, -0.1) is 0 Å². The third kappa shape index (κ3) is 2.38. The van der Waals surface area contributed by atoms with Crippen molar-refractivity contribution in [2.24, 2.45) is 0 Å². The SMILES string of the molecule is CS(=O)(=O)c1nc(Cl)c2cnn(C3CCCCO3)c2n1. The van der Waals surface area contributed by atoms with Gasteiger partial charge in [0.05, 0.1) is 11.6 Å². The van der Waals surface area contributed by atoms with Crippen LogP contribution in [0.1, 0.15) is 25.5 Å². The minimum Gasteiger partial charge on any atom is -0.356 e. The summed E-state index contributed by atoms with van der Waals surface area (Å²) in [4.78, 5) is 7.88. The van der Waals surface area contributed by atoms with E-state index in [1.54, 1.807) is 4.68 Å². The van der Waals surface area contributed by atoms with Crippen LogP contribution < -0.4 is 0 Å². The molecule has 3 heterocycles. The quantitative estimate of drug-likeness (QED) is 0.617. The van der Waals surface area contributed by atoms with Gasteiger partial charge < -0.3 is 4.74 Å². The van der Waals surface area contributed by atoms with Crippen molar-refractivity contribution < 1.29 is 13.2 Å². The van der Waals surface area contributed by atoms with E-state index in [2.05, 4.69) is 15.1 Å². The predicted molar refractivity (Wildman–Crippen MR) is 72.3 cm³/mol. The van der Waals surface area contributed by atoms with Crippen LogP contribution in [0.3, 0.4) is 0 Å². The fourth-order valence-corrected chi connectivity index (χ4v) is 2.94. The Balaban J connectivity index is 2.17. The molecule has 0 bridgehead atoms. The molecule has 0 N–H and O–H groups in total. The van der Waals surface area contributed by atoms with E-state index in [1.165, 1.54) is 6.20 Å². The molecule has 7 nitrogen and oxygen atoms in total. The second-order valence-electron chi connectivity index (χ2n) is 4.72. The van der Waals surface area contributed by atoms with Gasteiger partial charge in [0.2, 0.25) is 15.0 Å². The molecule has 1 atom stereocenters. The number of fused-ring (bicyclic) bond motifs is 1. The number of sulfone groups is 1. The minimum atomic E-state index is -3.53. The lowest BCUT2D eigenvalue weighted by Gasteiger charge is -2.23. The molecule has 2 aromatic rings. The van der Waals surface area contributed by atoms with Crippen LogP contribution in [0.4, 0.5) is 0 Å². The van der Waals surface area contributed by atoms with Crippen LogP contribution in [0.2, 0.25) is 5.15 Å². The van der Waals surface area contributed by atoms with Gasteiger partial charge in [0.1, 0.15) is 5.15 Å². The Morgan fingerprint density at radius 2 is 2.20 bits per heavy atom. The van der Waals surface area contributed by atoms with E-state index in [-0.39, 0.29) is 16.5 Å². The number of nitrogens with zero attached hydrogens (tertiary/aromatic N) is 4. The Kier molecular flexibility index (Phi) is 3.39. The highest BCUT2D eigenvalue weighted by Gasteiger charge is 2.23. The number of ether oxygens (including phenoxy) is 1. The van der Waals surface area contributed by atoms with Crippen molar-refractivity contribution in [2.75, 3.05) is 12.9 Å². The lowest BCUT2D eigenvalue weighted by molar-refractivity contribution is -0.0370. The summed E-state index contributed by atoms with van der Waals surface area (Å²) in [7, 11) is -3.53. The van der Waals surface area contributed by atoms with Crippen molar-refractivity contribution in [3.63, 3.8) is 0 Å². The van der Waals surface area contributed by atoms with Crippen molar-refractivity contribution in [1.82, 2.24) is 19.7 Å². The van der Waals surface area contributed by atoms with Crippen LogP contribution in [-0.4, -0.2) is 41.0 Å². The van der Waals surface area contributed by atoms with Crippen molar-refractivity contribution in [3.8, 4) is 0 Å². The van der Waals surface area contributed by atoms with Gasteiger partial charge in [-0.3, -0.25) is 0 Å². The van der Waals surface area contributed by atoms with Crippen molar-refractivity contribution in [2.45, 2.75) is 30.6 Å². The molecule has 0 aromatic carbocycles. The monoisotopic (exact) mass is 316 g/mol. The van der Waals surface area contributed by atoms with Gasteiger partial charge in [0.15, 0.2) is 11.9 Å². The van der Waals surface area contributed by atoms with Crippen molar-refractivity contribution in [1.29, 1.82) is 0 Å². The molecule has 1 fully saturated rings. The molecule has 2 aromatic heterocycles. The topological polar surface area (TPSA) is 87.0 Å². The van der Waals surface area contributed by atoms with Gasteiger partial charge in [-0.1, -0.05) is 11.6 Å². The first kappa shape index (κ1) is 13.7. The maximum atomic E-state index is 11.6. The molecule has 3 rings (SSSR count). The lowest BCUT2D eigenvalue weighted by Crippen LogP contribution is -2.19. The number of hydrogen-bond donors (Lipinski definition) is 0. The number of halogens is 1. The highest BCUT2D eigenvalue weighted by atomic mass is 35.5. The van der Waals surface area contributed by atoms with Gasteiger partial charge in [0, 0.05) is 12.9 Å². The average Bonchev–Trinajstić information content (AvgIpc) is 2.83. The summed E-state index contributed by atoms with van der Waals surface area (Å²) in [6.07, 6.45) is 5.19. The van der Waals surface area contributed by atoms with Crippen molar-refractivity contribution in [3.05, 3.63) is 11.3 Å². The summed E-state index contributed by atoms with van der Waals surface area (Å²) in [5, 5.41) is 4.52. The Labute approximate surface area is 120 Å². The van der Waals surface area contributed by atoms with Gasteiger partial charge >= 0.3 is 0 Å². The maximum Gasteiger partial charge on any atom is 0.250 e. The molecule has 1 aliphatic heterocycles. The molecule has 0 aliphatic carbocycles. The molecule has 20 heavy (non-hydrogen) atoms. The zero-order valence-electron chi connectivity index (χ0n) is 10.8. The van der Waals surface area contributed by atoms with Crippen LogP contribution in [0.25, 0.3) is 11.0 Å². The Morgan fingerprint density at radius 3 is 2.85 bits per heavy atom. The number of hydrogen-bond acceptors (Lipinski definition) is 6. The molecule has 9 heteroatoms. The van der Waals surface area contributed by atoms with Crippen molar-refractivity contribution >= 4 is 32.5 Å². The van der Waals surface area contributed by atoms with Crippen LogP contribution in [0.15, 0.2) is 11.4 Å². The standard InChI is InChI=1S/C11H13ClN4O3S/c1-20(17,18)11-14-9(12)7-6-13-16(10(7)15-11)8-4-2-3-5-19-8/h6,8H,2-5H2,1H3. The van der Waals surface area contributed by atoms with E-state index < -0.39 is 9.84 Å². The molecular formula is C11H13ClN4O3S. The summed E-state index contributed by atoms with van der Waals surface area (Å²) >= 11 is 6.01. The molecule has 1 unspecified atom stereocenters. The largest absolute Gasteiger partial charge is 0.356 e. The fourth-order valence-electron chi connectivity index (χ4n) is 2.17. The minimum absolute atomic E-state index is 0.0810. The van der Waals surface area contributed by atoms with Crippen LogP contribution in [0.5, 0.6) is 0 Å². The molecule has 0 amide bonds. The predicted octanol–water partition coefficient (Wildman–Crippen LogP) is 1.58. The molecule has 0 spiro atoms. The number of rotatable bonds is 2. The van der Waals surface area contributed by atoms with Crippen LogP contribution in [-0.2, 0) is 14.6 Å². The van der Waals surface area contributed by atoms with Gasteiger partial charge in [0.25, 0.3) is 0 Å². The Bertz CT molecular complexity index is 752. The third-order valence-electron chi connectivity index (χ3n) is 3.15. The highest BCUT2D eigenvalue weighted by molar-refractivity contribution is 7.90. The zero-order valence-corrected chi connectivity index (χ0v) is 12.4. The summed E-state index contributed by atoms with van der Waals surface area (Å²) in [5.74, 6) is 0. The summed E-state index contributed by atoms with van der Waals surface area (Å²) in [5.41, 5.74) is 0.386. The molecular weight excluding hydrogens is 304 g/mol. The molecule has 0 saturated carbocycles. The first-order valence-electron chi connectivity index (χ1n) is 6.19. The summed E-state index contributed by atoms with van der Waals surface area (Å²) < 4.78 is 30.4. The lowest BCUT2D eigenvalue weighted by atomic mass is 10.2. The van der Waals surface area contributed by atoms with Crippen LogP contribution in [0, 0.1) is 0 Å². The third-order valence-corrected chi connectivity index (χ3v) is 4.28. The second kappa shape index (κ2) is 4.94. The molecule has 108 valence electrons. The molecule has 0 radical (unpaired) electrons. The normalized spacial score (nSPS) is 20.4. The van der Waals surface area contributed by atoms with Gasteiger partial charge in [-0.25, -0.2) is 18.1 Å².